The van der Waals surface area contributed by atoms with Gasteiger partial charge in [0, 0.05) is 4.78 Å². The summed E-state index contributed by atoms with van der Waals surface area (Å²) in [7, 11) is 0.493. The SMILES string of the molecule is CC(C)(O)C(C)(C)OBc1ccc(-c2nc3ccccc3s2)s1. The standard InChI is InChI=1S/C17H20BNO2S2/c1-16(2,20)17(3,4)21-18-14-10-9-13(22-14)15-19-11-7-5-6-8-12(11)23-15/h5-10,18,20H,1-4H3. The highest BCUT2D eigenvalue weighted by Gasteiger charge is 2.35. The molecule has 0 saturated heterocycles. The van der Waals surface area contributed by atoms with Gasteiger partial charge in [0.25, 0.3) is 0 Å². The fraction of sp³-hybridized carbons (Fsp3) is 0.353. The Balaban J connectivity index is 1.76. The zero-order chi connectivity index (χ0) is 16.7. The van der Waals surface area contributed by atoms with Crippen LogP contribution in [0.15, 0.2) is 36.4 Å². The van der Waals surface area contributed by atoms with Gasteiger partial charge < -0.3 is 9.76 Å². The Morgan fingerprint density at radius 3 is 2.48 bits per heavy atom. The first-order valence-electron chi connectivity index (χ1n) is 7.57. The number of benzene rings is 1. The zero-order valence-electron chi connectivity index (χ0n) is 13.8. The molecule has 0 unspecified atom stereocenters. The first-order valence-corrected chi connectivity index (χ1v) is 9.20. The van der Waals surface area contributed by atoms with E-state index in [2.05, 4.69) is 18.2 Å². The summed E-state index contributed by atoms with van der Waals surface area (Å²) in [6, 6.07) is 12.4. The Labute approximate surface area is 145 Å². The number of rotatable bonds is 5. The van der Waals surface area contributed by atoms with E-state index in [9.17, 15) is 5.11 Å². The topological polar surface area (TPSA) is 42.4 Å². The number of fused-ring (bicyclic) bond motifs is 1. The number of aliphatic hydroxyl groups is 1. The van der Waals surface area contributed by atoms with Crippen LogP contribution < -0.4 is 4.78 Å². The largest absolute Gasteiger partial charge is 0.426 e. The molecule has 0 bridgehead atoms. The van der Waals surface area contributed by atoms with E-state index in [1.54, 1.807) is 36.5 Å². The highest BCUT2D eigenvalue weighted by atomic mass is 32.1. The number of hydrogen-bond donors (Lipinski definition) is 1. The normalized spacial score (nSPS) is 12.7. The van der Waals surface area contributed by atoms with E-state index in [1.165, 1.54) is 4.70 Å². The van der Waals surface area contributed by atoms with Crippen molar-refractivity contribution >= 4 is 45.1 Å². The van der Waals surface area contributed by atoms with Gasteiger partial charge in [-0.15, -0.1) is 22.7 Å². The molecule has 0 atom stereocenters. The van der Waals surface area contributed by atoms with Gasteiger partial charge >= 0.3 is 7.48 Å². The van der Waals surface area contributed by atoms with Crippen molar-refractivity contribution in [1.82, 2.24) is 4.98 Å². The summed E-state index contributed by atoms with van der Waals surface area (Å²) >= 11 is 3.40. The highest BCUT2D eigenvalue weighted by Crippen LogP contribution is 2.32. The molecular formula is C17H20BNO2S2. The highest BCUT2D eigenvalue weighted by molar-refractivity contribution is 7.28. The van der Waals surface area contributed by atoms with Crippen LogP contribution in [0.3, 0.4) is 0 Å². The maximum atomic E-state index is 10.2. The molecule has 0 radical (unpaired) electrons. The van der Waals surface area contributed by atoms with E-state index in [0.29, 0.717) is 7.48 Å². The van der Waals surface area contributed by atoms with Crippen molar-refractivity contribution in [3.8, 4) is 9.88 Å². The van der Waals surface area contributed by atoms with Crippen LogP contribution in [0, 0.1) is 0 Å². The molecule has 0 fully saturated rings. The summed E-state index contributed by atoms with van der Waals surface area (Å²) in [4.78, 5) is 5.85. The minimum Gasteiger partial charge on any atom is -0.426 e. The average Bonchev–Trinajstić information content (AvgIpc) is 3.10. The van der Waals surface area contributed by atoms with Crippen molar-refractivity contribution in [2.75, 3.05) is 0 Å². The fourth-order valence-corrected chi connectivity index (χ4v) is 3.92. The Morgan fingerprint density at radius 1 is 1.04 bits per heavy atom. The van der Waals surface area contributed by atoms with Gasteiger partial charge in [0.1, 0.15) is 5.01 Å². The molecular weight excluding hydrogens is 325 g/mol. The molecule has 120 valence electrons. The van der Waals surface area contributed by atoms with Crippen LogP contribution >= 0.6 is 22.7 Å². The Kier molecular flexibility index (Phi) is 4.36. The Morgan fingerprint density at radius 2 is 1.78 bits per heavy atom. The molecule has 3 nitrogen and oxygen atoms in total. The molecule has 0 aliphatic rings. The van der Waals surface area contributed by atoms with E-state index in [-0.39, 0.29) is 0 Å². The van der Waals surface area contributed by atoms with Gasteiger partial charge in [-0.05, 0) is 45.9 Å². The van der Waals surface area contributed by atoms with Gasteiger partial charge in [0.15, 0.2) is 0 Å². The molecule has 0 saturated carbocycles. The molecule has 0 aliphatic carbocycles. The smallest absolute Gasteiger partial charge is 0.319 e. The lowest BCUT2D eigenvalue weighted by molar-refractivity contribution is -0.0892. The second-order valence-electron chi connectivity index (χ2n) is 6.61. The molecule has 0 aliphatic heterocycles. The van der Waals surface area contributed by atoms with Crippen LogP contribution in [-0.4, -0.2) is 28.8 Å². The van der Waals surface area contributed by atoms with Crippen LogP contribution in [0.25, 0.3) is 20.1 Å². The van der Waals surface area contributed by atoms with E-state index >= 15 is 0 Å². The van der Waals surface area contributed by atoms with Crippen molar-refractivity contribution in [1.29, 1.82) is 0 Å². The predicted octanol–water partition coefficient (Wildman–Crippen LogP) is 3.57. The molecule has 6 heteroatoms. The molecule has 0 spiro atoms. The van der Waals surface area contributed by atoms with E-state index in [0.717, 1.165) is 20.2 Å². The number of thiazole rings is 1. The van der Waals surface area contributed by atoms with Gasteiger partial charge in [-0.25, -0.2) is 4.98 Å². The minimum absolute atomic E-state index is 0.493. The monoisotopic (exact) mass is 345 g/mol. The third-order valence-corrected chi connectivity index (χ3v) is 6.48. The average molecular weight is 345 g/mol. The summed E-state index contributed by atoms with van der Waals surface area (Å²) in [6.45, 7) is 7.37. The van der Waals surface area contributed by atoms with Crippen LogP contribution in [0.1, 0.15) is 27.7 Å². The molecule has 1 aromatic carbocycles. The van der Waals surface area contributed by atoms with Crippen LogP contribution in [0.5, 0.6) is 0 Å². The van der Waals surface area contributed by atoms with Crippen LogP contribution in [0.4, 0.5) is 0 Å². The molecule has 3 rings (SSSR count). The summed E-state index contributed by atoms with van der Waals surface area (Å²) < 4.78 is 8.27. The molecule has 2 heterocycles. The van der Waals surface area contributed by atoms with E-state index in [1.807, 2.05) is 32.0 Å². The van der Waals surface area contributed by atoms with Gasteiger partial charge in [-0.2, -0.15) is 0 Å². The summed E-state index contributed by atoms with van der Waals surface area (Å²) in [5.74, 6) is 0. The van der Waals surface area contributed by atoms with Crippen molar-refractivity contribution in [3.05, 3.63) is 36.4 Å². The Hall–Kier alpha value is -1.21. The zero-order valence-corrected chi connectivity index (χ0v) is 15.4. The molecule has 1 N–H and O–H groups in total. The predicted molar refractivity (Wildman–Crippen MR) is 101 cm³/mol. The number of hydrogen-bond acceptors (Lipinski definition) is 5. The van der Waals surface area contributed by atoms with Gasteiger partial charge in [-0.1, -0.05) is 18.2 Å². The first-order chi connectivity index (χ1) is 10.8. The summed E-state index contributed by atoms with van der Waals surface area (Å²) in [5.41, 5.74) is -0.450. The second kappa shape index (κ2) is 6.02. The first kappa shape index (κ1) is 16.6. The van der Waals surface area contributed by atoms with Gasteiger partial charge in [-0.3, -0.25) is 0 Å². The quantitative estimate of drug-likeness (QED) is 0.719. The van der Waals surface area contributed by atoms with Crippen molar-refractivity contribution < 1.29 is 9.76 Å². The van der Waals surface area contributed by atoms with Crippen molar-refractivity contribution in [2.45, 2.75) is 38.9 Å². The lowest BCUT2D eigenvalue weighted by atomic mass is 9.86. The number of nitrogens with zero attached hydrogens (tertiary/aromatic N) is 1. The van der Waals surface area contributed by atoms with Gasteiger partial charge in [0.05, 0.1) is 26.3 Å². The van der Waals surface area contributed by atoms with E-state index < -0.39 is 11.2 Å². The molecule has 0 amide bonds. The molecule has 3 aromatic rings. The molecule has 2 aromatic heterocycles. The van der Waals surface area contributed by atoms with Gasteiger partial charge in [0.2, 0.25) is 0 Å². The summed E-state index contributed by atoms with van der Waals surface area (Å²) in [6.07, 6.45) is 0. The van der Waals surface area contributed by atoms with Crippen molar-refractivity contribution in [3.63, 3.8) is 0 Å². The Bertz CT molecular complexity index is 784. The summed E-state index contributed by atoms with van der Waals surface area (Å²) in [5, 5.41) is 11.2. The van der Waals surface area contributed by atoms with E-state index in [4.69, 9.17) is 9.64 Å². The number of para-hydroxylation sites is 1. The van der Waals surface area contributed by atoms with Crippen LogP contribution in [-0.2, 0) is 4.65 Å². The molecule has 23 heavy (non-hydrogen) atoms. The maximum Gasteiger partial charge on any atom is 0.319 e. The lowest BCUT2D eigenvalue weighted by Gasteiger charge is -2.37. The lowest BCUT2D eigenvalue weighted by Crippen LogP contribution is -2.49. The number of aromatic nitrogens is 1. The third-order valence-electron chi connectivity index (χ3n) is 4.21. The van der Waals surface area contributed by atoms with Crippen LogP contribution in [0.2, 0.25) is 0 Å². The maximum absolute atomic E-state index is 10.2. The minimum atomic E-state index is -0.889. The third kappa shape index (κ3) is 3.50. The number of thiophene rings is 1. The van der Waals surface area contributed by atoms with Crippen molar-refractivity contribution in [2.24, 2.45) is 0 Å². The fourth-order valence-electron chi connectivity index (χ4n) is 1.98. The second-order valence-corrected chi connectivity index (χ2v) is 8.81.